The van der Waals surface area contributed by atoms with Gasteiger partial charge in [-0.1, -0.05) is 0 Å². The van der Waals surface area contributed by atoms with Crippen molar-refractivity contribution in [3.05, 3.63) is 40.8 Å². The van der Waals surface area contributed by atoms with Crippen LogP contribution in [0.2, 0.25) is 0 Å². The second kappa shape index (κ2) is 4.50. The summed E-state index contributed by atoms with van der Waals surface area (Å²) in [6.45, 7) is 1.74. The molecule has 0 saturated carbocycles. The fraction of sp³-hybridized carbons (Fsp3) is 0.0909. The Balaban J connectivity index is 2.31. The Bertz CT molecular complexity index is 568. The molecule has 0 amide bonds. The molecule has 0 aliphatic heterocycles. The highest BCUT2D eigenvalue weighted by Crippen LogP contribution is 2.27. The van der Waals surface area contributed by atoms with E-state index in [1.54, 1.807) is 13.0 Å². The molecule has 2 aromatic rings. The number of carboxylic acid groups (broad SMARTS) is 1. The van der Waals surface area contributed by atoms with Gasteiger partial charge in [0.25, 0.3) is 0 Å². The van der Waals surface area contributed by atoms with Gasteiger partial charge in [0.1, 0.15) is 10.8 Å². The molecule has 1 aromatic carbocycles. The first kappa shape index (κ1) is 11.5. The number of halogens is 1. The van der Waals surface area contributed by atoms with Crippen LogP contribution in [0.15, 0.2) is 23.7 Å². The third kappa shape index (κ3) is 2.42. The molecule has 17 heavy (non-hydrogen) atoms. The highest BCUT2D eigenvalue weighted by atomic mass is 32.1. The van der Waals surface area contributed by atoms with Gasteiger partial charge in [-0.05, 0) is 30.7 Å². The minimum absolute atomic E-state index is 0.0290. The number of thiazole rings is 1. The van der Waals surface area contributed by atoms with Crippen LogP contribution in [0.4, 0.5) is 15.1 Å². The first-order valence-electron chi connectivity index (χ1n) is 4.78. The molecule has 0 aliphatic rings. The van der Waals surface area contributed by atoms with Crippen LogP contribution >= 0.6 is 11.3 Å². The van der Waals surface area contributed by atoms with E-state index >= 15 is 0 Å². The van der Waals surface area contributed by atoms with Crippen molar-refractivity contribution in [2.45, 2.75) is 6.92 Å². The second-order valence-corrected chi connectivity index (χ2v) is 4.27. The minimum atomic E-state index is -1.09. The first-order chi connectivity index (χ1) is 8.08. The van der Waals surface area contributed by atoms with Gasteiger partial charge < -0.3 is 10.4 Å². The molecule has 2 N–H and O–H groups in total. The summed E-state index contributed by atoms with van der Waals surface area (Å²) in [7, 11) is 0. The lowest BCUT2D eigenvalue weighted by molar-refractivity contribution is 0.0692. The van der Waals surface area contributed by atoms with Crippen LogP contribution in [0.5, 0.6) is 0 Å². The van der Waals surface area contributed by atoms with E-state index in [2.05, 4.69) is 10.3 Å². The predicted molar refractivity (Wildman–Crippen MR) is 63.5 cm³/mol. The van der Waals surface area contributed by atoms with Crippen molar-refractivity contribution in [2.75, 3.05) is 5.32 Å². The van der Waals surface area contributed by atoms with Gasteiger partial charge in [-0.25, -0.2) is 14.2 Å². The summed E-state index contributed by atoms with van der Waals surface area (Å²) in [6, 6.07) is 4.26. The maximum absolute atomic E-state index is 12.9. The van der Waals surface area contributed by atoms with Gasteiger partial charge in [-0.15, -0.1) is 11.3 Å². The molecule has 0 saturated heterocycles. The Hall–Kier alpha value is -1.95. The third-order valence-corrected chi connectivity index (χ3v) is 2.95. The average molecular weight is 252 g/mol. The number of benzene rings is 1. The minimum Gasteiger partial charge on any atom is -0.476 e. The van der Waals surface area contributed by atoms with Crippen LogP contribution in [0.25, 0.3) is 0 Å². The maximum Gasteiger partial charge on any atom is 0.357 e. The molecule has 0 radical (unpaired) electrons. The first-order valence-corrected chi connectivity index (χ1v) is 5.66. The van der Waals surface area contributed by atoms with Gasteiger partial charge in [0.2, 0.25) is 0 Å². The zero-order chi connectivity index (χ0) is 12.4. The highest BCUT2D eigenvalue weighted by Gasteiger charge is 2.14. The van der Waals surface area contributed by atoms with Gasteiger partial charge in [0.15, 0.2) is 5.69 Å². The fourth-order valence-electron chi connectivity index (χ4n) is 1.38. The van der Waals surface area contributed by atoms with E-state index in [4.69, 9.17) is 5.11 Å². The lowest BCUT2D eigenvalue weighted by Crippen LogP contribution is -2.01. The fourth-order valence-corrected chi connectivity index (χ4v) is 2.06. The number of carbonyl (C=O) groups is 1. The number of hydrogen-bond acceptors (Lipinski definition) is 4. The van der Waals surface area contributed by atoms with Crippen molar-refractivity contribution in [3.8, 4) is 0 Å². The van der Waals surface area contributed by atoms with Gasteiger partial charge in [-0.3, -0.25) is 0 Å². The van der Waals surface area contributed by atoms with Crippen molar-refractivity contribution in [3.63, 3.8) is 0 Å². The lowest BCUT2D eigenvalue weighted by Gasteiger charge is -2.07. The van der Waals surface area contributed by atoms with E-state index < -0.39 is 5.97 Å². The molecule has 0 bridgehead atoms. The standard InChI is InChI=1S/C11H9FN2O2S/c1-6-4-7(12)2-3-8(6)14-10-9(11(15)16)13-5-17-10/h2-5,14H,1H3,(H,15,16). The van der Waals surface area contributed by atoms with Gasteiger partial charge in [-0.2, -0.15) is 0 Å². The molecule has 6 heteroatoms. The molecule has 0 aliphatic carbocycles. The van der Waals surface area contributed by atoms with E-state index in [9.17, 15) is 9.18 Å². The van der Waals surface area contributed by atoms with Crippen molar-refractivity contribution in [1.29, 1.82) is 0 Å². The number of nitrogens with one attached hydrogen (secondary N) is 1. The normalized spacial score (nSPS) is 10.2. The Morgan fingerprint density at radius 3 is 2.94 bits per heavy atom. The Morgan fingerprint density at radius 2 is 2.29 bits per heavy atom. The van der Waals surface area contributed by atoms with Crippen LogP contribution in [-0.2, 0) is 0 Å². The molecular formula is C11H9FN2O2S. The molecule has 4 nitrogen and oxygen atoms in total. The molecule has 0 spiro atoms. The topological polar surface area (TPSA) is 62.2 Å². The van der Waals surface area contributed by atoms with E-state index in [1.165, 1.54) is 29.0 Å². The van der Waals surface area contributed by atoms with Crippen LogP contribution in [0, 0.1) is 12.7 Å². The summed E-state index contributed by atoms with van der Waals surface area (Å²) in [5.74, 6) is -1.41. The molecule has 1 aromatic heterocycles. The Kier molecular flexibility index (Phi) is 3.06. The summed E-state index contributed by atoms with van der Waals surface area (Å²) >= 11 is 1.19. The van der Waals surface area contributed by atoms with Crippen LogP contribution < -0.4 is 5.32 Å². The number of hydrogen-bond donors (Lipinski definition) is 2. The van der Waals surface area contributed by atoms with Crippen LogP contribution in [0.1, 0.15) is 16.1 Å². The Labute approximate surface area is 101 Å². The number of aromatic nitrogens is 1. The number of rotatable bonds is 3. The van der Waals surface area contributed by atoms with Crippen molar-refractivity contribution in [2.24, 2.45) is 0 Å². The van der Waals surface area contributed by atoms with E-state index in [1.807, 2.05) is 0 Å². The number of nitrogens with zero attached hydrogens (tertiary/aromatic N) is 1. The number of anilines is 2. The van der Waals surface area contributed by atoms with Gasteiger partial charge >= 0.3 is 5.97 Å². The van der Waals surface area contributed by atoms with E-state index in [0.717, 1.165) is 0 Å². The molecule has 0 atom stereocenters. The van der Waals surface area contributed by atoms with Crippen molar-refractivity contribution in [1.82, 2.24) is 4.98 Å². The molecule has 0 unspecified atom stereocenters. The Morgan fingerprint density at radius 1 is 1.53 bits per heavy atom. The SMILES string of the molecule is Cc1cc(F)ccc1Nc1scnc1C(=O)O. The zero-order valence-corrected chi connectivity index (χ0v) is 9.71. The number of aryl methyl sites for hydroxylation is 1. The zero-order valence-electron chi connectivity index (χ0n) is 8.90. The van der Waals surface area contributed by atoms with Crippen molar-refractivity contribution >= 4 is 28.0 Å². The van der Waals surface area contributed by atoms with E-state index in [-0.39, 0.29) is 11.5 Å². The molecule has 88 valence electrons. The monoisotopic (exact) mass is 252 g/mol. The number of carboxylic acids is 1. The second-order valence-electron chi connectivity index (χ2n) is 3.42. The largest absolute Gasteiger partial charge is 0.476 e. The summed E-state index contributed by atoms with van der Waals surface area (Å²) in [5.41, 5.74) is 2.79. The molecule has 1 heterocycles. The maximum atomic E-state index is 12.9. The number of aromatic carboxylic acids is 1. The van der Waals surface area contributed by atoms with Gasteiger partial charge in [0.05, 0.1) is 5.51 Å². The van der Waals surface area contributed by atoms with Crippen LogP contribution in [0.3, 0.4) is 0 Å². The summed E-state index contributed by atoms with van der Waals surface area (Å²) < 4.78 is 12.9. The highest BCUT2D eigenvalue weighted by molar-refractivity contribution is 7.14. The van der Waals surface area contributed by atoms with Gasteiger partial charge in [0, 0.05) is 5.69 Å². The average Bonchev–Trinajstić information content (AvgIpc) is 2.70. The van der Waals surface area contributed by atoms with Crippen LogP contribution in [-0.4, -0.2) is 16.1 Å². The summed E-state index contributed by atoms with van der Waals surface area (Å²) in [5, 5.41) is 12.3. The molecule has 0 fully saturated rings. The molecule has 2 rings (SSSR count). The summed E-state index contributed by atoms with van der Waals surface area (Å²) in [6.07, 6.45) is 0. The smallest absolute Gasteiger partial charge is 0.357 e. The summed E-state index contributed by atoms with van der Waals surface area (Å²) in [4.78, 5) is 14.6. The van der Waals surface area contributed by atoms with E-state index in [0.29, 0.717) is 16.3 Å². The molecular weight excluding hydrogens is 243 g/mol. The quantitative estimate of drug-likeness (QED) is 0.881. The third-order valence-electron chi connectivity index (χ3n) is 2.21. The predicted octanol–water partition coefficient (Wildman–Crippen LogP) is 3.03. The lowest BCUT2D eigenvalue weighted by atomic mass is 10.2. The van der Waals surface area contributed by atoms with Crippen molar-refractivity contribution < 1.29 is 14.3 Å².